The average molecular weight is 461 g/mol. The van der Waals surface area contributed by atoms with Crippen molar-refractivity contribution in [3.63, 3.8) is 0 Å². The highest BCUT2D eigenvalue weighted by molar-refractivity contribution is 6.21. The molecule has 2 aromatic carbocycles. The quantitative estimate of drug-likeness (QED) is 0.294. The second-order valence-electron chi connectivity index (χ2n) is 7.58. The first kappa shape index (κ1) is 21.2. The van der Waals surface area contributed by atoms with Crippen LogP contribution in [-0.4, -0.2) is 60.7 Å². The Kier molecular flexibility index (Phi) is 4.98. The van der Waals surface area contributed by atoms with E-state index in [9.17, 15) is 29.3 Å². The number of imide groups is 2. The number of nitro groups is 1. The Hall–Kier alpha value is -4.71. The van der Waals surface area contributed by atoms with Crippen molar-refractivity contribution < 1.29 is 28.9 Å². The predicted molar refractivity (Wildman–Crippen MR) is 113 cm³/mol. The molecule has 3 aromatic rings. The van der Waals surface area contributed by atoms with Crippen LogP contribution >= 0.6 is 0 Å². The number of carbonyl (C=O) groups excluding carboxylic acids is 4. The van der Waals surface area contributed by atoms with Crippen LogP contribution in [-0.2, 0) is 11.4 Å². The number of nitrogens with zero attached hydrogens (tertiary/aromatic N) is 5. The van der Waals surface area contributed by atoms with Gasteiger partial charge in [0.15, 0.2) is 0 Å². The molecule has 12 nitrogen and oxygen atoms in total. The van der Waals surface area contributed by atoms with Crippen molar-refractivity contribution in [3.8, 4) is 0 Å². The van der Waals surface area contributed by atoms with Gasteiger partial charge in [-0.15, -0.1) is 5.06 Å². The largest absolute Gasteiger partial charge is 0.434 e. The normalized spacial score (nSPS) is 15.6. The molecule has 0 fully saturated rings. The van der Waals surface area contributed by atoms with Crippen LogP contribution in [0, 0.1) is 10.1 Å². The molecule has 0 saturated carbocycles. The number of fused-ring (bicyclic) bond motifs is 2. The summed E-state index contributed by atoms with van der Waals surface area (Å²) in [6.45, 7) is -0.633. The Balaban J connectivity index is 1.45. The Bertz CT molecular complexity index is 1230. The Morgan fingerprint density at radius 3 is 1.82 bits per heavy atom. The van der Waals surface area contributed by atoms with Gasteiger partial charge in [0.05, 0.1) is 28.8 Å². The molecule has 0 bridgehead atoms. The minimum absolute atomic E-state index is 0.139. The summed E-state index contributed by atoms with van der Waals surface area (Å²) in [5.41, 5.74) is 0.697. The number of hydroxylamine groups is 2. The second kappa shape index (κ2) is 8.01. The molecule has 12 heteroatoms. The van der Waals surface area contributed by atoms with E-state index in [4.69, 9.17) is 4.84 Å². The van der Waals surface area contributed by atoms with Crippen LogP contribution in [0.1, 0.15) is 41.4 Å². The van der Waals surface area contributed by atoms with Gasteiger partial charge < -0.3 is 10.1 Å². The number of carbonyl (C=O) groups is 4. The summed E-state index contributed by atoms with van der Waals surface area (Å²) in [6.07, 6.45) is 1.34. The smallest absolute Gasteiger partial charge is 0.390 e. The van der Waals surface area contributed by atoms with Crippen LogP contribution in [0.2, 0.25) is 0 Å². The van der Waals surface area contributed by atoms with Crippen LogP contribution in [0.4, 0.5) is 5.95 Å². The Morgan fingerprint density at radius 2 is 1.32 bits per heavy atom. The van der Waals surface area contributed by atoms with Crippen molar-refractivity contribution in [2.45, 2.75) is 12.6 Å². The van der Waals surface area contributed by atoms with Crippen molar-refractivity contribution in [2.24, 2.45) is 0 Å². The van der Waals surface area contributed by atoms with E-state index in [0.717, 1.165) is 9.47 Å². The van der Waals surface area contributed by atoms with E-state index < -0.39 is 40.6 Å². The van der Waals surface area contributed by atoms with Gasteiger partial charge in [-0.2, -0.15) is 0 Å². The van der Waals surface area contributed by atoms with E-state index in [2.05, 4.69) is 4.98 Å². The number of hydrogen-bond donors (Lipinski definition) is 0. The van der Waals surface area contributed by atoms with E-state index in [-0.39, 0.29) is 35.3 Å². The molecule has 0 saturated heterocycles. The summed E-state index contributed by atoms with van der Waals surface area (Å²) >= 11 is 0. The fourth-order valence-electron chi connectivity index (χ4n) is 3.98. The minimum Gasteiger partial charge on any atom is -0.390 e. The molecule has 0 spiro atoms. The third kappa shape index (κ3) is 3.33. The van der Waals surface area contributed by atoms with Gasteiger partial charge >= 0.3 is 5.95 Å². The van der Waals surface area contributed by atoms with Crippen LogP contribution in [0.15, 0.2) is 60.9 Å². The van der Waals surface area contributed by atoms with Gasteiger partial charge in [0.1, 0.15) is 25.0 Å². The molecule has 2 aliphatic rings. The maximum atomic E-state index is 12.8. The summed E-state index contributed by atoms with van der Waals surface area (Å²) in [5.74, 6) is -3.08. The summed E-state index contributed by atoms with van der Waals surface area (Å²) in [4.78, 5) is 72.1. The molecule has 1 aromatic heterocycles. The molecule has 1 atom stereocenters. The van der Waals surface area contributed by atoms with Crippen LogP contribution in [0.5, 0.6) is 0 Å². The molecule has 34 heavy (non-hydrogen) atoms. The SMILES string of the molecule is O=C1c2ccccc2C(=O)N1CC(Cn1ccnc1[N+](=O)[O-])ON1C(=O)c2ccccc2C1=O. The molecule has 0 radical (unpaired) electrons. The summed E-state index contributed by atoms with van der Waals surface area (Å²) in [7, 11) is 0. The van der Waals surface area contributed by atoms with Gasteiger partial charge in [0, 0.05) is 0 Å². The zero-order valence-corrected chi connectivity index (χ0v) is 17.4. The summed E-state index contributed by atoms with van der Waals surface area (Å²) in [5, 5.41) is 11.9. The van der Waals surface area contributed by atoms with Gasteiger partial charge in [0.25, 0.3) is 23.6 Å². The molecule has 2 aliphatic heterocycles. The van der Waals surface area contributed by atoms with Gasteiger partial charge in [-0.05, 0) is 29.2 Å². The lowest BCUT2D eigenvalue weighted by Crippen LogP contribution is -2.44. The van der Waals surface area contributed by atoms with Crippen molar-refractivity contribution in [2.75, 3.05) is 6.54 Å². The van der Waals surface area contributed by atoms with Crippen molar-refractivity contribution >= 4 is 29.6 Å². The minimum atomic E-state index is -1.18. The lowest BCUT2D eigenvalue weighted by atomic mass is 10.1. The lowest BCUT2D eigenvalue weighted by molar-refractivity contribution is -0.397. The van der Waals surface area contributed by atoms with Crippen LogP contribution in [0.25, 0.3) is 0 Å². The molecular weight excluding hydrogens is 446 g/mol. The highest BCUT2D eigenvalue weighted by Gasteiger charge is 2.41. The van der Waals surface area contributed by atoms with Crippen molar-refractivity contribution in [1.29, 1.82) is 0 Å². The van der Waals surface area contributed by atoms with Gasteiger partial charge in [-0.3, -0.25) is 28.9 Å². The zero-order chi connectivity index (χ0) is 24.0. The second-order valence-corrected chi connectivity index (χ2v) is 7.58. The third-order valence-electron chi connectivity index (χ3n) is 5.53. The monoisotopic (exact) mass is 461 g/mol. The number of benzene rings is 2. The fourth-order valence-corrected chi connectivity index (χ4v) is 3.98. The standard InChI is InChI=1S/C22H15N5O7/c28-18-14-5-1-2-6-15(14)19(29)25(18)12-13(11-24-10-9-23-22(24)27(32)33)34-26-20(30)16-7-3-4-8-17(16)21(26)31/h1-10,13H,11-12H2. The Morgan fingerprint density at radius 1 is 0.824 bits per heavy atom. The van der Waals surface area contributed by atoms with Gasteiger partial charge in [-0.25, -0.2) is 4.57 Å². The van der Waals surface area contributed by atoms with E-state index in [0.29, 0.717) is 5.06 Å². The summed E-state index contributed by atoms with van der Waals surface area (Å²) < 4.78 is 1.14. The first-order valence-electron chi connectivity index (χ1n) is 10.1. The van der Waals surface area contributed by atoms with E-state index in [1.165, 1.54) is 36.7 Å². The van der Waals surface area contributed by atoms with Gasteiger partial charge in [0.2, 0.25) is 0 Å². The predicted octanol–water partition coefficient (Wildman–Crippen LogP) is 1.68. The fraction of sp³-hybridized carbons (Fsp3) is 0.136. The highest BCUT2D eigenvalue weighted by Crippen LogP contribution is 2.27. The first-order valence-corrected chi connectivity index (χ1v) is 10.1. The van der Waals surface area contributed by atoms with Crippen molar-refractivity contribution in [3.05, 3.63) is 93.3 Å². The zero-order valence-electron chi connectivity index (χ0n) is 17.4. The van der Waals surface area contributed by atoms with Gasteiger partial charge in [-0.1, -0.05) is 29.2 Å². The molecule has 4 amide bonds. The number of hydrogen-bond acceptors (Lipinski definition) is 8. The summed E-state index contributed by atoms with van der Waals surface area (Å²) in [6, 6.07) is 12.4. The number of imidazole rings is 1. The molecule has 0 aliphatic carbocycles. The lowest BCUT2D eigenvalue weighted by Gasteiger charge is -2.25. The number of rotatable bonds is 7. The topological polar surface area (TPSA) is 145 Å². The van der Waals surface area contributed by atoms with E-state index >= 15 is 0 Å². The van der Waals surface area contributed by atoms with Crippen LogP contribution in [0.3, 0.4) is 0 Å². The molecule has 1 unspecified atom stereocenters. The molecule has 5 rings (SSSR count). The first-order chi connectivity index (χ1) is 16.4. The third-order valence-corrected chi connectivity index (χ3v) is 5.53. The Labute approximate surface area is 191 Å². The van der Waals surface area contributed by atoms with E-state index in [1.54, 1.807) is 24.3 Å². The van der Waals surface area contributed by atoms with Crippen molar-refractivity contribution in [1.82, 2.24) is 19.5 Å². The maximum Gasteiger partial charge on any atom is 0.434 e. The maximum absolute atomic E-state index is 12.8. The van der Waals surface area contributed by atoms with E-state index in [1.807, 2.05) is 0 Å². The molecular formula is C22H15N5O7. The highest BCUT2D eigenvalue weighted by atomic mass is 16.7. The van der Waals surface area contributed by atoms with Crippen LogP contribution < -0.4 is 0 Å². The number of amides is 4. The molecule has 170 valence electrons. The average Bonchev–Trinajstić information content (AvgIpc) is 3.47. The molecule has 0 N–H and O–H groups in total. The molecule has 3 heterocycles. The number of aromatic nitrogens is 2.